The number of hydrogen-bond acceptors (Lipinski definition) is 4. The van der Waals surface area contributed by atoms with E-state index < -0.39 is 0 Å². The molecular weight excluding hydrogens is 318 g/mol. The molecule has 1 aliphatic rings. The number of rotatable bonds is 6. The minimum absolute atomic E-state index is 0.542. The number of aryl methyl sites for hydroxylation is 1. The summed E-state index contributed by atoms with van der Waals surface area (Å²) in [6, 6.07) is 2.71. The highest BCUT2D eigenvalue weighted by molar-refractivity contribution is 7.10. The van der Waals surface area contributed by atoms with E-state index in [0.29, 0.717) is 12.0 Å². The Balaban J connectivity index is 1.84. The van der Waals surface area contributed by atoms with Gasteiger partial charge in [0.15, 0.2) is 5.96 Å². The number of nitrogens with one attached hydrogen (secondary N) is 2. The van der Waals surface area contributed by atoms with Crippen molar-refractivity contribution in [3.63, 3.8) is 0 Å². The van der Waals surface area contributed by atoms with Gasteiger partial charge in [-0.1, -0.05) is 13.8 Å². The number of hydrogen-bond donors (Lipinski definition) is 2. The van der Waals surface area contributed by atoms with E-state index >= 15 is 0 Å². The van der Waals surface area contributed by atoms with Gasteiger partial charge in [0.1, 0.15) is 0 Å². The Labute approximate surface area is 151 Å². The molecule has 2 rings (SSSR count). The minimum Gasteiger partial charge on any atom is -0.355 e. The molecule has 0 spiro atoms. The van der Waals surface area contributed by atoms with Crippen LogP contribution in [0.25, 0.3) is 0 Å². The van der Waals surface area contributed by atoms with Crippen LogP contribution in [-0.4, -0.2) is 68.6 Å². The van der Waals surface area contributed by atoms with Crippen molar-refractivity contribution in [2.45, 2.75) is 33.4 Å². The maximum atomic E-state index is 4.38. The number of guanidine groups is 1. The van der Waals surface area contributed by atoms with Crippen LogP contribution in [0.3, 0.4) is 0 Å². The van der Waals surface area contributed by atoms with Crippen molar-refractivity contribution in [3.8, 4) is 0 Å². The topological polar surface area (TPSA) is 42.9 Å². The van der Waals surface area contributed by atoms with Crippen molar-refractivity contribution in [1.29, 1.82) is 0 Å². The Bertz CT molecular complexity index is 517. The summed E-state index contributed by atoms with van der Waals surface area (Å²) in [6.45, 7) is 13.2. The summed E-state index contributed by atoms with van der Waals surface area (Å²) < 4.78 is 0. The van der Waals surface area contributed by atoms with Gasteiger partial charge in [-0.3, -0.25) is 9.89 Å². The van der Waals surface area contributed by atoms with Crippen molar-refractivity contribution < 1.29 is 0 Å². The second-order valence-electron chi connectivity index (χ2n) is 6.98. The first-order valence-corrected chi connectivity index (χ1v) is 9.79. The highest BCUT2D eigenvalue weighted by Crippen LogP contribution is 2.15. The monoisotopic (exact) mass is 351 g/mol. The number of thiophene rings is 1. The SMILES string of the molecule is CN=C(NCc1sccc1C)NCC(C(C)C)N1CCN(C)CC1. The van der Waals surface area contributed by atoms with Crippen LogP contribution in [-0.2, 0) is 6.54 Å². The van der Waals surface area contributed by atoms with Gasteiger partial charge in [-0.05, 0) is 36.9 Å². The molecule has 1 unspecified atom stereocenters. The average Bonchev–Trinajstić information content (AvgIpc) is 2.97. The first-order chi connectivity index (χ1) is 11.5. The predicted molar refractivity (Wildman–Crippen MR) is 105 cm³/mol. The molecule has 0 amide bonds. The normalized spacial score (nSPS) is 18.8. The van der Waals surface area contributed by atoms with Crippen molar-refractivity contribution >= 4 is 17.3 Å². The van der Waals surface area contributed by atoms with E-state index in [1.807, 2.05) is 7.05 Å². The lowest BCUT2D eigenvalue weighted by atomic mass is 10.0. The predicted octanol–water partition coefficient (Wildman–Crippen LogP) is 1.99. The van der Waals surface area contributed by atoms with E-state index in [4.69, 9.17) is 0 Å². The molecule has 5 nitrogen and oxygen atoms in total. The van der Waals surface area contributed by atoms with Crippen LogP contribution in [0.15, 0.2) is 16.4 Å². The maximum Gasteiger partial charge on any atom is 0.191 e. The molecule has 1 aliphatic heterocycles. The van der Waals surface area contributed by atoms with Crippen molar-refractivity contribution in [2.75, 3.05) is 46.8 Å². The van der Waals surface area contributed by atoms with Crippen LogP contribution in [0.2, 0.25) is 0 Å². The zero-order chi connectivity index (χ0) is 17.5. The van der Waals surface area contributed by atoms with E-state index in [9.17, 15) is 0 Å². The Morgan fingerprint density at radius 1 is 1.25 bits per heavy atom. The zero-order valence-electron chi connectivity index (χ0n) is 15.8. The fraction of sp³-hybridized carbons (Fsp3) is 0.722. The minimum atomic E-state index is 0.542. The van der Waals surface area contributed by atoms with Crippen molar-refractivity contribution in [2.24, 2.45) is 10.9 Å². The van der Waals surface area contributed by atoms with E-state index in [1.165, 1.54) is 10.4 Å². The summed E-state index contributed by atoms with van der Waals surface area (Å²) in [5, 5.41) is 9.11. The van der Waals surface area contributed by atoms with E-state index in [-0.39, 0.29) is 0 Å². The molecule has 0 aromatic carbocycles. The van der Waals surface area contributed by atoms with Crippen LogP contribution in [0, 0.1) is 12.8 Å². The fourth-order valence-electron chi connectivity index (χ4n) is 3.11. The lowest BCUT2D eigenvalue weighted by Gasteiger charge is -2.40. The van der Waals surface area contributed by atoms with Gasteiger partial charge in [-0.2, -0.15) is 0 Å². The molecule has 2 N–H and O–H groups in total. The van der Waals surface area contributed by atoms with Gasteiger partial charge < -0.3 is 15.5 Å². The Kier molecular flexibility index (Phi) is 7.52. The molecule has 1 atom stereocenters. The highest BCUT2D eigenvalue weighted by atomic mass is 32.1. The molecule has 1 fully saturated rings. The molecular formula is C18H33N5S. The largest absolute Gasteiger partial charge is 0.355 e. The molecule has 2 heterocycles. The van der Waals surface area contributed by atoms with Gasteiger partial charge in [0, 0.05) is 50.7 Å². The Morgan fingerprint density at radius 2 is 1.96 bits per heavy atom. The van der Waals surface area contributed by atoms with Crippen molar-refractivity contribution in [1.82, 2.24) is 20.4 Å². The second-order valence-corrected chi connectivity index (χ2v) is 7.98. The first kappa shape index (κ1) is 19.2. The van der Waals surface area contributed by atoms with Crippen LogP contribution >= 0.6 is 11.3 Å². The lowest BCUT2D eigenvalue weighted by molar-refractivity contribution is 0.0900. The summed E-state index contributed by atoms with van der Waals surface area (Å²) in [6.07, 6.45) is 0. The third kappa shape index (κ3) is 5.46. The summed E-state index contributed by atoms with van der Waals surface area (Å²) in [5.74, 6) is 1.51. The molecule has 0 radical (unpaired) electrons. The smallest absolute Gasteiger partial charge is 0.191 e. The van der Waals surface area contributed by atoms with E-state index in [2.05, 4.69) is 64.7 Å². The average molecular weight is 352 g/mol. The van der Waals surface area contributed by atoms with Gasteiger partial charge in [0.25, 0.3) is 0 Å². The second kappa shape index (κ2) is 9.39. The summed E-state index contributed by atoms with van der Waals surface area (Å²) in [5.41, 5.74) is 1.35. The first-order valence-electron chi connectivity index (χ1n) is 8.91. The van der Waals surface area contributed by atoms with Gasteiger partial charge in [-0.25, -0.2) is 0 Å². The number of nitrogens with zero attached hydrogens (tertiary/aromatic N) is 3. The van der Waals surface area contributed by atoms with Gasteiger partial charge in [-0.15, -0.1) is 11.3 Å². The van der Waals surface area contributed by atoms with Gasteiger partial charge in [0.05, 0.1) is 6.54 Å². The molecule has 1 saturated heterocycles. The Hall–Kier alpha value is -1.11. The maximum absolute atomic E-state index is 4.38. The molecule has 1 aromatic heterocycles. The molecule has 6 heteroatoms. The number of aliphatic imine (C=N–C) groups is 1. The van der Waals surface area contributed by atoms with E-state index in [1.54, 1.807) is 11.3 Å². The third-order valence-corrected chi connectivity index (χ3v) is 5.89. The van der Waals surface area contributed by atoms with E-state index in [0.717, 1.165) is 45.2 Å². The third-order valence-electron chi connectivity index (χ3n) is 4.86. The molecule has 136 valence electrons. The van der Waals surface area contributed by atoms with Crippen LogP contribution < -0.4 is 10.6 Å². The molecule has 1 aromatic rings. The van der Waals surface area contributed by atoms with Crippen LogP contribution in [0.5, 0.6) is 0 Å². The summed E-state index contributed by atoms with van der Waals surface area (Å²) in [7, 11) is 4.05. The van der Waals surface area contributed by atoms with Crippen molar-refractivity contribution in [3.05, 3.63) is 21.9 Å². The standard InChI is InChI=1S/C18H33N5S/c1-14(2)16(23-9-7-22(5)8-10-23)12-20-18(19-4)21-13-17-15(3)6-11-24-17/h6,11,14,16H,7-10,12-13H2,1-5H3,(H2,19,20,21). The Morgan fingerprint density at radius 3 is 2.50 bits per heavy atom. The van der Waals surface area contributed by atoms with Gasteiger partial charge in [0.2, 0.25) is 0 Å². The highest BCUT2D eigenvalue weighted by Gasteiger charge is 2.25. The zero-order valence-corrected chi connectivity index (χ0v) is 16.6. The summed E-state index contributed by atoms with van der Waals surface area (Å²) in [4.78, 5) is 10.8. The van der Waals surface area contributed by atoms with Crippen LogP contribution in [0.4, 0.5) is 0 Å². The molecule has 0 saturated carbocycles. The van der Waals surface area contributed by atoms with Gasteiger partial charge >= 0.3 is 0 Å². The molecule has 0 aliphatic carbocycles. The molecule has 24 heavy (non-hydrogen) atoms. The quantitative estimate of drug-likeness (QED) is 0.608. The number of piperazine rings is 1. The molecule has 0 bridgehead atoms. The van der Waals surface area contributed by atoms with Crippen LogP contribution in [0.1, 0.15) is 24.3 Å². The summed E-state index contributed by atoms with van der Waals surface area (Å²) >= 11 is 1.80. The lowest BCUT2D eigenvalue weighted by Crippen LogP contribution is -2.55. The fourth-order valence-corrected chi connectivity index (χ4v) is 3.96. The number of likely N-dealkylation sites (N-methyl/N-ethyl adjacent to an activating group) is 1.